The number of ether oxygens (including phenoxy) is 1. The van der Waals surface area contributed by atoms with Crippen molar-refractivity contribution in [2.75, 3.05) is 31.7 Å². The van der Waals surface area contributed by atoms with Crippen LogP contribution in [0.25, 0.3) is 0 Å². The number of nitrogens with zero attached hydrogens (tertiary/aromatic N) is 2. The molecule has 1 aromatic heterocycles. The molecule has 19 heavy (non-hydrogen) atoms. The average Bonchev–Trinajstić information content (AvgIpc) is 2.34. The molecule has 0 bridgehead atoms. The molecule has 0 radical (unpaired) electrons. The van der Waals surface area contributed by atoms with E-state index in [9.17, 15) is 4.79 Å². The minimum atomic E-state index is -1.05. The first-order valence-corrected chi connectivity index (χ1v) is 6.46. The Morgan fingerprint density at radius 1 is 1.58 bits per heavy atom. The van der Waals surface area contributed by atoms with Gasteiger partial charge in [-0.05, 0) is 12.0 Å². The molecule has 0 atom stereocenters. The molecule has 0 saturated carbocycles. The standard InChI is InChI=1S/C13H19ClN2O3/c1-9(2)8-16(6-7-19-3)12-11(14)10(13(17)18)4-5-15-12/h4-5,9H,6-8H2,1-3H3,(H,17,18). The van der Waals surface area contributed by atoms with Gasteiger partial charge in [-0.1, -0.05) is 25.4 Å². The van der Waals surface area contributed by atoms with Crippen molar-refractivity contribution in [3.05, 3.63) is 22.8 Å². The molecule has 1 rings (SSSR count). The van der Waals surface area contributed by atoms with Crippen molar-refractivity contribution in [1.29, 1.82) is 0 Å². The van der Waals surface area contributed by atoms with Crippen molar-refractivity contribution in [2.24, 2.45) is 5.92 Å². The molecular weight excluding hydrogens is 268 g/mol. The molecule has 0 aromatic carbocycles. The lowest BCUT2D eigenvalue weighted by atomic mass is 10.2. The molecule has 106 valence electrons. The van der Waals surface area contributed by atoms with Gasteiger partial charge in [-0.15, -0.1) is 0 Å². The number of hydrogen-bond donors (Lipinski definition) is 1. The van der Waals surface area contributed by atoms with E-state index in [1.807, 2.05) is 4.90 Å². The van der Waals surface area contributed by atoms with Crippen molar-refractivity contribution in [3.8, 4) is 0 Å². The summed E-state index contributed by atoms with van der Waals surface area (Å²) in [6.45, 7) is 6.04. The zero-order valence-electron chi connectivity index (χ0n) is 11.4. The molecule has 0 fully saturated rings. The van der Waals surface area contributed by atoms with E-state index in [0.29, 0.717) is 24.9 Å². The summed E-state index contributed by atoms with van der Waals surface area (Å²) in [5, 5.41) is 9.25. The van der Waals surface area contributed by atoms with Crippen LogP contribution in [-0.2, 0) is 4.74 Å². The summed E-state index contributed by atoms with van der Waals surface area (Å²) in [4.78, 5) is 17.2. The van der Waals surface area contributed by atoms with Crippen LogP contribution in [0.5, 0.6) is 0 Å². The van der Waals surface area contributed by atoms with Crippen LogP contribution in [-0.4, -0.2) is 42.9 Å². The van der Waals surface area contributed by atoms with E-state index in [-0.39, 0.29) is 10.6 Å². The van der Waals surface area contributed by atoms with Gasteiger partial charge in [0, 0.05) is 26.4 Å². The third-order valence-electron chi connectivity index (χ3n) is 2.55. The summed E-state index contributed by atoms with van der Waals surface area (Å²) < 4.78 is 5.06. The van der Waals surface area contributed by atoms with Gasteiger partial charge in [-0.2, -0.15) is 0 Å². The van der Waals surface area contributed by atoms with E-state index < -0.39 is 5.97 Å². The fourth-order valence-corrected chi connectivity index (χ4v) is 2.06. The van der Waals surface area contributed by atoms with Gasteiger partial charge in [0.15, 0.2) is 0 Å². The lowest BCUT2D eigenvalue weighted by Crippen LogP contribution is -2.32. The van der Waals surface area contributed by atoms with E-state index in [2.05, 4.69) is 18.8 Å². The van der Waals surface area contributed by atoms with Gasteiger partial charge in [-0.3, -0.25) is 0 Å². The maximum atomic E-state index is 11.1. The summed E-state index contributed by atoms with van der Waals surface area (Å²) in [5.41, 5.74) is 0.0674. The molecule has 0 aliphatic heterocycles. The molecule has 0 amide bonds. The molecule has 0 unspecified atom stereocenters. The van der Waals surface area contributed by atoms with Crippen molar-refractivity contribution in [3.63, 3.8) is 0 Å². The highest BCUT2D eigenvalue weighted by atomic mass is 35.5. The van der Waals surface area contributed by atoms with Crippen LogP contribution < -0.4 is 4.90 Å². The Labute approximate surface area is 118 Å². The Kier molecular flexibility index (Phi) is 6.05. The van der Waals surface area contributed by atoms with E-state index in [1.165, 1.54) is 12.3 Å². The van der Waals surface area contributed by atoms with Gasteiger partial charge < -0.3 is 14.7 Å². The highest BCUT2D eigenvalue weighted by molar-refractivity contribution is 6.35. The van der Waals surface area contributed by atoms with Crippen LogP contribution in [0.3, 0.4) is 0 Å². The summed E-state index contributed by atoms with van der Waals surface area (Å²) >= 11 is 6.14. The summed E-state index contributed by atoms with van der Waals surface area (Å²) in [6.07, 6.45) is 1.46. The number of halogens is 1. The minimum Gasteiger partial charge on any atom is -0.478 e. The van der Waals surface area contributed by atoms with E-state index >= 15 is 0 Å². The smallest absolute Gasteiger partial charge is 0.337 e. The van der Waals surface area contributed by atoms with Gasteiger partial charge >= 0.3 is 5.97 Å². The van der Waals surface area contributed by atoms with Gasteiger partial charge in [0.25, 0.3) is 0 Å². The second-order valence-corrected chi connectivity index (χ2v) is 5.01. The molecule has 0 saturated heterocycles. The number of hydrogen-bond acceptors (Lipinski definition) is 4. The fourth-order valence-electron chi connectivity index (χ4n) is 1.74. The number of carboxylic acid groups (broad SMARTS) is 1. The van der Waals surface area contributed by atoms with Crippen LogP contribution in [0.2, 0.25) is 5.02 Å². The predicted octanol–water partition coefficient (Wildman–Crippen LogP) is 2.54. The monoisotopic (exact) mass is 286 g/mol. The highest BCUT2D eigenvalue weighted by Crippen LogP contribution is 2.27. The quantitative estimate of drug-likeness (QED) is 0.834. The van der Waals surface area contributed by atoms with E-state index in [1.54, 1.807) is 7.11 Å². The van der Waals surface area contributed by atoms with Crippen molar-refractivity contribution < 1.29 is 14.6 Å². The lowest BCUT2D eigenvalue weighted by Gasteiger charge is -2.26. The van der Waals surface area contributed by atoms with E-state index in [0.717, 1.165) is 6.54 Å². The van der Waals surface area contributed by atoms with Crippen molar-refractivity contribution in [2.45, 2.75) is 13.8 Å². The molecule has 1 N–H and O–H groups in total. The third kappa shape index (κ3) is 4.36. The first-order valence-electron chi connectivity index (χ1n) is 6.09. The zero-order chi connectivity index (χ0) is 14.4. The van der Waals surface area contributed by atoms with E-state index in [4.69, 9.17) is 21.4 Å². The topological polar surface area (TPSA) is 62.7 Å². The zero-order valence-corrected chi connectivity index (χ0v) is 12.1. The molecule has 0 aliphatic rings. The average molecular weight is 287 g/mol. The number of aromatic nitrogens is 1. The first kappa shape index (κ1) is 15.7. The molecule has 0 spiro atoms. The Bertz CT molecular complexity index is 438. The van der Waals surface area contributed by atoms with Crippen molar-refractivity contribution >= 4 is 23.4 Å². The number of carboxylic acids is 1. The molecule has 1 aromatic rings. The summed E-state index contributed by atoms with van der Waals surface area (Å²) in [5.74, 6) is -0.152. The number of methoxy groups -OCH3 is 1. The molecule has 1 heterocycles. The maximum Gasteiger partial charge on any atom is 0.337 e. The van der Waals surface area contributed by atoms with Gasteiger partial charge in [0.1, 0.15) is 5.82 Å². The number of carbonyl (C=O) groups is 1. The molecule has 0 aliphatic carbocycles. The minimum absolute atomic E-state index is 0.0674. The van der Waals surface area contributed by atoms with Crippen LogP contribution in [0.15, 0.2) is 12.3 Å². The largest absolute Gasteiger partial charge is 0.478 e. The Hall–Kier alpha value is -1.33. The second kappa shape index (κ2) is 7.31. The Morgan fingerprint density at radius 3 is 2.79 bits per heavy atom. The van der Waals surface area contributed by atoms with Gasteiger partial charge in [-0.25, -0.2) is 9.78 Å². The number of anilines is 1. The molecule has 5 nitrogen and oxygen atoms in total. The maximum absolute atomic E-state index is 11.1. The molecular formula is C13H19ClN2O3. The number of rotatable bonds is 7. The van der Waals surface area contributed by atoms with Crippen LogP contribution in [0, 0.1) is 5.92 Å². The van der Waals surface area contributed by atoms with Crippen LogP contribution in [0.4, 0.5) is 5.82 Å². The Morgan fingerprint density at radius 2 is 2.26 bits per heavy atom. The summed E-state index contributed by atoms with van der Waals surface area (Å²) in [6, 6.07) is 1.40. The molecule has 6 heteroatoms. The number of pyridine rings is 1. The Balaban J connectivity index is 3.07. The predicted molar refractivity (Wildman–Crippen MR) is 75.1 cm³/mol. The number of aromatic carboxylic acids is 1. The lowest BCUT2D eigenvalue weighted by molar-refractivity contribution is 0.0697. The SMILES string of the molecule is COCCN(CC(C)C)c1nccc(C(=O)O)c1Cl. The third-order valence-corrected chi connectivity index (χ3v) is 2.92. The summed E-state index contributed by atoms with van der Waals surface area (Å²) in [7, 11) is 1.62. The van der Waals surface area contributed by atoms with Crippen LogP contribution >= 0.6 is 11.6 Å². The fraction of sp³-hybridized carbons (Fsp3) is 0.538. The normalized spacial score (nSPS) is 10.8. The second-order valence-electron chi connectivity index (χ2n) is 4.63. The van der Waals surface area contributed by atoms with Gasteiger partial charge in [0.2, 0.25) is 0 Å². The van der Waals surface area contributed by atoms with Gasteiger partial charge in [0.05, 0.1) is 17.2 Å². The van der Waals surface area contributed by atoms with Crippen molar-refractivity contribution in [1.82, 2.24) is 4.98 Å². The first-order chi connectivity index (χ1) is 8.97. The highest BCUT2D eigenvalue weighted by Gasteiger charge is 2.18. The van der Waals surface area contributed by atoms with Crippen LogP contribution in [0.1, 0.15) is 24.2 Å².